The van der Waals surface area contributed by atoms with Crippen LogP contribution >= 0.6 is 0 Å². The largest absolute Gasteiger partial charge is 0.324 e. The van der Waals surface area contributed by atoms with Crippen LogP contribution in [0.3, 0.4) is 0 Å². The van der Waals surface area contributed by atoms with Gasteiger partial charge in [0.25, 0.3) is 0 Å². The van der Waals surface area contributed by atoms with Crippen molar-refractivity contribution in [1.82, 2.24) is 4.90 Å². The van der Waals surface area contributed by atoms with Gasteiger partial charge in [0.2, 0.25) is 0 Å². The summed E-state index contributed by atoms with van der Waals surface area (Å²) in [5.74, 6) is 0. The van der Waals surface area contributed by atoms with E-state index >= 15 is 0 Å². The summed E-state index contributed by atoms with van der Waals surface area (Å²) in [6.45, 7) is 9.71. The highest BCUT2D eigenvalue weighted by Crippen LogP contribution is 2.62. The number of hydrogen-bond acceptors (Lipinski definition) is 2. The maximum Gasteiger partial charge on any atom is 0.117 e. The van der Waals surface area contributed by atoms with Gasteiger partial charge in [-0.15, -0.1) is 0 Å². The number of rotatable bonds is 2. The van der Waals surface area contributed by atoms with Crippen molar-refractivity contribution in [3.8, 4) is 0 Å². The summed E-state index contributed by atoms with van der Waals surface area (Å²) < 4.78 is 0. The van der Waals surface area contributed by atoms with Crippen molar-refractivity contribution in [3.63, 3.8) is 0 Å². The zero-order valence-electron chi connectivity index (χ0n) is 15.6. The van der Waals surface area contributed by atoms with Gasteiger partial charge in [-0.25, -0.2) is 0 Å². The van der Waals surface area contributed by atoms with E-state index in [4.69, 9.17) is 0 Å². The van der Waals surface area contributed by atoms with Crippen LogP contribution in [-0.4, -0.2) is 11.1 Å². The standard InChI is InChI=1S/C23H26N2/c1-5-22(3)17-11-9-10-16-13-14-19-18-12-7-8-15-24(18)21(23(22,4)6-2)25(19)20(16)17/h7-15,21H,5-6H2,1-4H3. The molecule has 0 radical (unpaired) electrons. The quantitative estimate of drug-likeness (QED) is 0.701. The predicted molar refractivity (Wildman–Crippen MR) is 105 cm³/mol. The van der Waals surface area contributed by atoms with Crippen molar-refractivity contribution in [2.75, 3.05) is 4.90 Å². The third-order valence-electron chi connectivity index (χ3n) is 7.52. The number of allylic oxidation sites excluding steroid dienone is 4. The molecule has 3 unspecified atom stereocenters. The Labute approximate surface area is 150 Å². The van der Waals surface area contributed by atoms with Crippen LogP contribution in [0, 0.1) is 5.41 Å². The minimum absolute atomic E-state index is 0.148. The van der Waals surface area contributed by atoms with Gasteiger partial charge in [-0.05, 0) is 42.2 Å². The molecule has 0 aromatic heterocycles. The zero-order valence-corrected chi connectivity index (χ0v) is 15.6. The van der Waals surface area contributed by atoms with E-state index in [1.54, 1.807) is 0 Å². The molecule has 0 N–H and O–H groups in total. The summed E-state index contributed by atoms with van der Waals surface area (Å²) in [5.41, 5.74) is 7.30. The summed E-state index contributed by atoms with van der Waals surface area (Å²) in [4.78, 5) is 5.14. The summed E-state index contributed by atoms with van der Waals surface area (Å²) in [5, 5.41) is 0. The minimum Gasteiger partial charge on any atom is -0.324 e. The topological polar surface area (TPSA) is 6.48 Å². The van der Waals surface area contributed by atoms with E-state index in [-0.39, 0.29) is 10.8 Å². The van der Waals surface area contributed by atoms with Gasteiger partial charge in [0.05, 0.1) is 17.1 Å². The molecule has 0 spiro atoms. The molecule has 25 heavy (non-hydrogen) atoms. The number of para-hydroxylation sites is 1. The van der Waals surface area contributed by atoms with Gasteiger partial charge >= 0.3 is 0 Å². The lowest BCUT2D eigenvalue weighted by atomic mass is 9.54. The molecule has 128 valence electrons. The first kappa shape index (κ1) is 15.1. The minimum atomic E-state index is 0.148. The fraction of sp³-hybridized carbons (Fsp3) is 0.391. The second-order valence-corrected chi connectivity index (χ2v) is 8.16. The lowest BCUT2D eigenvalue weighted by molar-refractivity contribution is 0.0435. The van der Waals surface area contributed by atoms with E-state index in [0.717, 1.165) is 12.8 Å². The van der Waals surface area contributed by atoms with Gasteiger partial charge in [0, 0.05) is 17.0 Å². The average molecular weight is 330 g/mol. The van der Waals surface area contributed by atoms with Crippen LogP contribution in [0.2, 0.25) is 0 Å². The highest BCUT2D eigenvalue weighted by molar-refractivity contribution is 5.84. The molecule has 4 aliphatic rings. The van der Waals surface area contributed by atoms with Gasteiger partial charge in [0.15, 0.2) is 0 Å². The molecular weight excluding hydrogens is 304 g/mol. The monoisotopic (exact) mass is 330 g/mol. The highest BCUT2D eigenvalue weighted by atomic mass is 15.4. The second-order valence-electron chi connectivity index (χ2n) is 8.16. The normalized spacial score (nSPS) is 33.8. The molecule has 0 bridgehead atoms. The Balaban J connectivity index is 1.89. The van der Waals surface area contributed by atoms with E-state index in [1.165, 1.54) is 28.2 Å². The zero-order chi connectivity index (χ0) is 17.4. The van der Waals surface area contributed by atoms with Gasteiger partial charge in [0.1, 0.15) is 6.17 Å². The first-order valence-corrected chi connectivity index (χ1v) is 9.55. The van der Waals surface area contributed by atoms with Gasteiger partial charge < -0.3 is 9.80 Å². The molecule has 1 aromatic rings. The smallest absolute Gasteiger partial charge is 0.117 e. The molecule has 4 aliphatic heterocycles. The van der Waals surface area contributed by atoms with E-state index in [0.29, 0.717) is 6.17 Å². The molecule has 0 saturated carbocycles. The Morgan fingerprint density at radius 2 is 1.80 bits per heavy atom. The van der Waals surface area contributed by atoms with Gasteiger partial charge in [-0.3, -0.25) is 0 Å². The van der Waals surface area contributed by atoms with Crippen LogP contribution in [-0.2, 0) is 5.41 Å². The molecule has 1 aromatic carbocycles. The molecular formula is C23H26N2. The van der Waals surface area contributed by atoms with Crippen LogP contribution < -0.4 is 4.90 Å². The summed E-state index contributed by atoms with van der Waals surface area (Å²) in [6.07, 6.45) is 16.1. The lowest BCUT2D eigenvalue weighted by Crippen LogP contribution is -2.62. The average Bonchev–Trinajstić information content (AvgIpc) is 3.01. The van der Waals surface area contributed by atoms with Crippen LogP contribution in [0.1, 0.15) is 51.7 Å². The van der Waals surface area contributed by atoms with Crippen LogP contribution in [0.15, 0.2) is 60.1 Å². The van der Waals surface area contributed by atoms with E-state index in [9.17, 15) is 0 Å². The number of nitrogens with zero attached hydrogens (tertiary/aromatic N) is 2. The van der Waals surface area contributed by atoms with Gasteiger partial charge in [-0.1, -0.05) is 58.0 Å². The number of anilines is 1. The molecule has 0 amide bonds. The molecule has 2 heteroatoms. The summed E-state index contributed by atoms with van der Waals surface area (Å²) >= 11 is 0. The molecule has 3 atom stereocenters. The molecule has 5 rings (SSSR count). The first-order chi connectivity index (χ1) is 12.1. The van der Waals surface area contributed by atoms with E-state index < -0.39 is 0 Å². The molecule has 0 aliphatic carbocycles. The highest BCUT2D eigenvalue weighted by Gasteiger charge is 2.60. The Kier molecular flexibility index (Phi) is 2.83. The van der Waals surface area contributed by atoms with Crippen LogP contribution in [0.25, 0.3) is 6.08 Å². The summed E-state index contributed by atoms with van der Waals surface area (Å²) in [6, 6.07) is 6.88. The molecule has 2 nitrogen and oxygen atoms in total. The van der Waals surface area contributed by atoms with Crippen molar-refractivity contribution in [1.29, 1.82) is 0 Å². The van der Waals surface area contributed by atoms with Crippen molar-refractivity contribution in [2.45, 2.75) is 52.1 Å². The second kappa shape index (κ2) is 4.69. The molecule has 0 saturated heterocycles. The Bertz CT molecular complexity index is 887. The third kappa shape index (κ3) is 1.52. The maximum absolute atomic E-state index is 2.63. The third-order valence-corrected chi connectivity index (χ3v) is 7.52. The van der Waals surface area contributed by atoms with E-state index in [1.807, 2.05) is 0 Å². The fourth-order valence-corrected chi connectivity index (χ4v) is 5.60. The lowest BCUT2D eigenvalue weighted by Gasteiger charge is -2.59. The van der Waals surface area contributed by atoms with Crippen LogP contribution in [0.5, 0.6) is 0 Å². The molecule has 0 fully saturated rings. The number of fused-ring (bicyclic) bond motifs is 2. The van der Waals surface area contributed by atoms with E-state index in [2.05, 4.69) is 92.3 Å². The Morgan fingerprint density at radius 3 is 2.56 bits per heavy atom. The van der Waals surface area contributed by atoms with Crippen molar-refractivity contribution in [3.05, 3.63) is 71.2 Å². The molecule has 4 heterocycles. The predicted octanol–water partition coefficient (Wildman–Crippen LogP) is 5.55. The fourth-order valence-electron chi connectivity index (χ4n) is 5.60. The SMILES string of the molecule is CCC1(C)c2cccc3c2N2C(=C4C=CC=CN4C2C1(C)CC)C=C3. The number of hydrogen-bond donors (Lipinski definition) is 0. The van der Waals surface area contributed by atoms with Crippen molar-refractivity contribution < 1.29 is 0 Å². The Morgan fingerprint density at radius 1 is 0.960 bits per heavy atom. The Hall–Kier alpha value is -2.22. The summed E-state index contributed by atoms with van der Waals surface area (Å²) in [7, 11) is 0. The van der Waals surface area contributed by atoms with Gasteiger partial charge in [-0.2, -0.15) is 0 Å². The van der Waals surface area contributed by atoms with Crippen molar-refractivity contribution >= 4 is 11.8 Å². The van der Waals surface area contributed by atoms with Crippen LogP contribution in [0.4, 0.5) is 5.69 Å². The van der Waals surface area contributed by atoms with Crippen molar-refractivity contribution in [2.24, 2.45) is 5.41 Å². The number of benzene rings is 1. The maximum atomic E-state index is 2.63. The first-order valence-electron chi connectivity index (χ1n) is 9.55.